The van der Waals surface area contributed by atoms with Gasteiger partial charge >= 0.3 is 5.97 Å². The summed E-state index contributed by atoms with van der Waals surface area (Å²) in [7, 11) is 0. The molecule has 1 aromatic carbocycles. The van der Waals surface area contributed by atoms with E-state index in [1.807, 2.05) is 12.1 Å². The first-order valence-corrected chi connectivity index (χ1v) is 8.28. The van der Waals surface area contributed by atoms with E-state index < -0.39 is 11.5 Å². The van der Waals surface area contributed by atoms with Gasteiger partial charge in [0.25, 0.3) is 5.56 Å². The molecule has 9 heteroatoms. The zero-order chi connectivity index (χ0) is 19.0. The fourth-order valence-corrected chi connectivity index (χ4v) is 3.09. The van der Waals surface area contributed by atoms with E-state index in [0.29, 0.717) is 33.7 Å². The molecule has 0 unspecified atom stereocenters. The summed E-state index contributed by atoms with van der Waals surface area (Å²) in [6, 6.07) is 8.28. The van der Waals surface area contributed by atoms with E-state index in [4.69, 9.17) is 16.7 Å². The van der Waals surface area contributed by atoms with E-state index in [1.54, 1.807) is 35.4 Å². The van der Waals surface area contributed by atoms with Crippen molar-refractivity contribution in [1.82, 2.24) is 25.0 Å². The molecule has 0 saturated heterocycles. The summed E-state index contributed by atoms with van der Waals surface area (Å²) < 4.78 is 1.62. The molecule has 8 nitrogen and oxygen atoms in total. The number of nitrogens with one attached hydrogen (secondary N) is 1. The van der Waals surface area contributed by atoms with Crippen molar-refractivity contribution in [2.75, 3.05) is 0 Å². The minimum atomic E-state index is -1.29. The van der Waals surface area contributed by atoms with Crippen LogP contribution in [0, 0.1) is 0 Å². The Morgan fingerprint density at radius 2 is 2.00 bits per heavy atom. The van der Waals surface area contributed by atoms with E-state index in [1.165, 1.54) is 6.07 Å². The highest BCUT2D eigenvalue weighted by Gasteiger charge is 2.14. The predicted molar refractivity (Wildman–Crippen MR) is 98.9 cm³/mol. The zero-order valence-electron chi connectivity index (χ0n) is 13.8. The molecule has 4 aromatic rings. The van der Waals surface area contributed by atoms with Gasteiger partial charge in [0.15, 0.2) is 0 Å². The van der Waals surface area contributed by atoms with Crippen molar-refractivity contribution in [2.24, 2.45) is 0 Å². The monoisotopic (exact) mass is 381 g/mol. The van der Waals surface area contributed by atoms with Crippen molar-refractivity contribution in [2.45, 2.75) is 6.54 Å². The maximum absolute atomic E-state index is 12.0. The minimum Gasteiger partial charge on any atom is -0.477 e. The summed E-state index contributed by atoms with van der Waals surface area (Å²) in [5.74, 6) is -1.29. The van der Waals surface area contributed by atoms with Crippen molar-refractivity contribution in [3.05, 3.63) is 75.4 Å². The molecule has 0 saturated carbocycles. The van der Waals surface area contributed by atoms with Crippen LogP contribution in [0.4, 0.5) is 0 Å². The highest BCUT2D eigenvalue weighted by atomic mass is 35.5. The third kappa shape index (κ3) is 3.30. The van der Waals surface area contributed by atoms with Crippen LogP contribution in [0.3, 0.4) is 0 Å². The van der Waals surface area contributed by atoms with E-state index in [2.05, 4.69) is 20.3 Å². The molecule has 0 radical (unpaired) electrons. The van der Waals surface area contributed by atoms with Crippen molar-refractivity contribution in [1.29, 1.82) is 0 Å². The molecular formula is C18H12ClN5O3. The van der Waals surface area contributed by atoms with Crippen LogP contribution in [0.15, 0.2) is 53.7 Å². The summed E-state index contributed by atoms with van der Waals surface area (Å²) in [6.45, 7) is 0.303. The molecule has 4 rings (SSSR count). The van der Waals surface area contributed by atoms with Crippen LogP contribution >= 0.6 is 11.6 Å². The Kier molecular flexibility index (Phi) is 4.17. The SMILES string of the molecule is O=C(O)c1cc2cc(Cl)cc(Cn3cc(-c4ccncc4)nn3)c2[nH]c1=O. The van der Waals surface area contributed by atoms with Crippen molar-refractivity contribution >= 4 is 28.5 Å². The highest BCUT2D eigenvalue weighted by Crippen LogP contribution is 2.23. The summed E-state index contributed by atoms with van der Waals surface area (Å²) in [4.78, 5) is 29.8. The van der Waals surface area contributed by atoms with Gasteiger partial charge in [0.05, 0.1) is 18.3 Å². The molecule has 3 heterocycles. The summed E-state index contributed by atoms with van der Waals surface area (Å²) in [5, 5.41) is 18.3. The van der Waals surface area contributed by atoms with Crippen LogP contribution < -0.4 is 5.56 Å². The first-order valence-electron chi connectivity index (χ1n) is 7.90. The van der Waals surface area contributed by atoms with E-state index in [-0.39, 0.29) is 5.56 Å². The number of rotatable bonds is 4. The number of carboxylic acids is 1. The number of H-pyrrole nitrogens is 1. The highest BCUT2D eigenvalue weighted by molar-refractivity contribution is 6.31. The number of fused-ring (bicyclic) bond motifs is 1. The number of hydrogen-bond donors (Lipinski definition) is 2. The Morgan fingerprint density at radius 3 is 2.74 bits per heavy atom. The molecule has 0 spiro atoms. The second kappa shape index (κ2) is 6.65. The van der Waals surface area contributed by atoms with Gasteiger partial charge in [-0.05, 0) is 35.9 Å². The van der Waals surface area contributed by atoms with Crippen LogP contribution in [-0.2, 0) is 6.54 Å². The topological polar surface area (TPSA) is 114 Å². The summed E-state index contributed by atoms with van der Waals surface area (Å²) >= 11 is 6.17. The molecule has 3 aromatic heterocycles. The fraction of sp³-hybridized carbons (Fsp3) is 0.0556. The average Bonchev–Trinajstić information content (AvgIpc) is 3.11. The number of halogens is 1. The van der Waals surface area contributed by atoms with Crippen molar-refractivity contribution in [3.8, 4) is 11.3 Å². The molecule has 134 valence electrons. The van der Waals surface area contributed by atoms with Gasteiger partial charge in [-0.1, -0.05) is 16.8 Å². The Bertz CT molecular complexity index is 1220. The molecule has 0 bridgehead atoms. The molecular weight excluding hydrogens is 370 g/mol. The zero-order valence-corrected chi connectivity index (χ0v) is 14.5. The quantitative estimate of drug-likeness (QED) is 0.561. The smallest absolute Gasteiger partial charge is 0.341 e. The lowest BCUT2D eigenvalue weighted by Crippen LogP contribution is -2.17. The van der Waals surface area contributed by atoms with Gasteiger partial charge in [0, 0.05) is 28.4 Å². The molecule has 0 atom stereocenters. The van der Waals surface area contributed by atoms with Crippen LogP contribution in [0.5, 0.6) is 0 Å². The Hall–Kier alpha value is -3.52. The number of hydrogen-bond acceptors (Lipinski definition) is 5. The molecule has 27 heavy (non-hydrogen) atoms. The molecule has 0 amide bonds. The maximum atomic E-state index is 12.0. The number of pyridine rings is 2. The van der Waals surface area contributed by atoms with E-state index in [9.17, 15) is 9.59 Å². The number of aromatic nitrogens is 5. The third-order valence-electron chi connectivity index (χ3n) is 4.08. The first kappa shape index (κ1) is 16.9. The van der Waals surface area contributed by atoms with Crippen LogP contribution in [0.1, 0.15) is 15.9 Å². The van der Waals surface area contributed by atoms with Crippen molar-refractivity contribution < 1.29 is 9.90 Å². The van der Waals surface area contributed by atoms with Gasteiger partial charge < -0.3 is 10.1 Å². The molecule has 0 aliphatic heterocycles. The third-order valence-corrected chi connectivity index (χ3v) is 4.29. The second-order valence-corrected chi connectivity index (χ2v) is 6.32. The second-order valence-electron chi connectivity index (χ2n) is 5.88. The van der Waals surface area contributed by atoms with E-state index >= 15 is 0 Å². The van der Waals surface area contributed by atoms with Gasteiger partial charge in [0.1, 0.15) is 11.3 Å². The van der Waals surface area contributed by atoms with Gasteiger partial charge in [-0.25, -0.2) is 9.48 Å². The minimum absolute atomic E-state index is 0.303. The fourth-order valence-electron chi connectivity index (χ4n) is 2.84. The molecule has 0 aliphatic carbocycles. The number of nitrogens with zero attached hydrogens (tertiary/aromatic N) is 4. The Morgan fingerprint density at radius 1 is 1.22 bits per heavy atom. The van der Waals surface area contributed by atoms with Crippen LogP contribution in [-0.4, -0.2) is 36.0 Å². The van der Waals surface area contributed by atoms with Crippen LogP contribution in [0.25, 0.3) is 22.2 Å². The standard InChI is InChI=1S/C18H12ClN5O3/c19-13-5-11-7-14(18(26)27)17(25)21-16(11)12(6-13)8-24-9-15(22-23-24)10-1-3-20-4-2-10/h1-7,9H,8H2,(H,21,25)(H,26,27). The summed E-state index contributed by atoms with van der Waals surface area (Å²) in [6.07, 6.45) is 5.11. The largest absolute Gasteiger partial charge is 0.477 e. The number of carbonyl (C=O) groups is 1. The molecule has 0 fully saturated rings. The predicted octanol–water partition coefficient (Wildman–Crippen LogP) is 2.58. The van der Waals surface area contributed by atoms with Crippen molar-refractivity contribution in [3.63, 3.8) is 0 Å². The van der Waals surface area contributed by atoms with Crippen LogP contribution in [0.2, 0.25) is 5.02 Å². The number of carboxylic acid groups (broad SMARTS) is 1. The lowest BCUT2D eigenvalue weighted by molar-refractivity contribution is 0.0695. The number of aromatic amines is 1. The number of aromatic carboxylic acids is 1. The van der Waals surface area contributed by atoms with Gasteiger partial charge in [-0.15, -0.1) is 5.10 Å². The Labute approximate surface area is 157 Å². The lowest BCUT2D eigenvalue weighted by atomic mass is 10.1. The average molecular weight is 382 g/mol. The molecule has 2 N–H and O–H groups in total. The van der Waals surface area contributed by atoms with Gasteiger partial charge in [-0.3, -0.25) is 9.78 Å². The lowest BCUT2D eigenvalue weighted by Gasteiger charge is -2.08. The normalized spacial score (nSPS) is 11.0. The maximum Gasteiger partial charge on any atom is 0.341 e. The van der Waals surface area contributed by atoms with Gasteiger partial charge in [0.2, 0.25) is 0 Å². The molecule has 0 aliphatic rings. The first-order chi connectivity index (χ1) is 13.0. The number of benzene rings is 1. The Balaban J connectivity index is 1.76. The summed E-state index contributed by atoms with van der Waals surface area (Å²) in [5.41, 5.74) is 1.76. The van der Waals surface area contributed by atoms with Gasteiger partial charge in [-0.2, -0.15) is 0 Å². The van der Waals surface area contributed by atoms with E-state index in [0.717, 1.165) is 5.56 Å².